The van der Waals surface area contributed by atoms with Crippen LogP contribution in [-0.4, -0.2) is 47.2 Å². The molecule has 0 aromatic carbocycles. The van der Waals surface area contributed by atoms with E-state index < -0.39 is 0 Å². The molecule has 1 aromatic heterocycles. The number of carbonyl (C=O) groups excluding carboxylic acids is 1. The van der Waals surface area contributed by atoms with Gasteiger partial charge >= 0.3 is 6.03 Å². The van der Waals surface area contributed by atoms with Crippen molar-refractivity contribution in [1.29, 1.82) is 0 Å². The average molecular weight is 306 g/mol. The molecule has 1 aliphatic rings. The van der Waals surface area contributed by atoms with Gasteiger partial charge in [-0.1, -0.05) is 20.8 Å². The number of nitrogens with zero attached hydrogens (tertiary/aromatic N) is 3. The Balaban J connectivity index is 1.87. The number of urea groups is 1. The lowest BCUT2D eigenvalue weighted by molar-refractivity contribution is 0.113. The SMILES string of the molecule is CCOC[C@H]1CCN(C(=O)Nc2cnc(C(C)(C)C)nc2)C1. The summed E-state index contributed by atoms with van der Waals surface area (Å²) < 4.78 is 5.43. The van der Waals surface area contributed by atoms with Gasteiger partial charge in [0.2, 0.25) is 0 Å². The summed E-state index contributed by atoms with van der Waals surface area (Å²) in [6.45, 7) is 11.1. The molecule has 1 saturated heterocycles. The molecule has 0 aliphatic carbocycles. The maximum Gasteiger partial charge on any atom is 0.321 e. The largest absolute Gasteiger partial charge is 0.381 e. The van der Waals surface area contributed by atoms with Gasteiger partial charge in [0.15, 0.2) is 0 Å². The fourth-order valence-corrected chi connectivity index (χ4v) is 2.42. The van der Waals surface area contributed by atoms with Crippen LogP contribution in [0.2, 0.25) is 0 Å². The van der Waals surface area contributed by atoms with E-state index in [2.05, 4.69) is 36.1 Å². The smallest absolute Gasteiger partial charge is 0.321 e. The Bertz CT molecular complexity index is 496. The van der Waals surface area contributed by atoms with Crippen LogP contribution in [0.15, 0.2) is 12.4 Å². The van der Waals surface area contributed by atoms with Crippen molar-refractivity contribution >= 4 is 11.7 Å². The van der Waals surface area contributed by atoms with Gasteiger partial charge < -0.3 is 15.0 Å². The van der Waals surface area contributed by atoms with Crippen LogP contribution in [0.5, 0.6) is 0 Å². The summed E-state index contributed by atoms with van der Waals surface area (Å²) in [5.74, 6) is 1.20. The fraction of sp³-hybridized carbons (Fsp3) is 0.688. The van der Waals surface area contributed by atoms with E-state index in [0.717, 1.165) is 38.5 Å². The van der Waals surface area contributed by atoms with Gasteiger partial charge in [-0.2, -0.15) is 0 Å². The van der Waals surface area contributed by atoms with Gasteiger partial charge in [-0.25, -0.2) is 14.8 Å². The van der Waals surface area contributed by atoms with Crippen LogP contribution in [0.25, 0.3) is 0 Å². The lowest BCUT2D eigenvalue weighted by atomic mass is 9.96. The standard InChI is InChI=1S/C16H26N4O2/c1-5-22-11-12-6-7-20(10-12)15(21)19-13-8-17-14(18-9-13)16(2,3)4/h8-9,12H,5-7,10-11H2,1-4H3,(H,19,21)/t12-/m0/s1. The Labute approximate surface area is 132 Å². The quantitative estimate of drug-likeness (QED) is 0.928. The highest BCUT2D eigenvalue weighted by molar-refractivity contribution is 5.89. The van der Waals surface area contributed by atoms with Crippen molar-refractivity contribution in [3.63, 3.8) is 0 Å². The number of ether oxygens (including phenoxy) is 1. The average Bonchev–Trinajstić information content (AvgIpc) is 2.93. The first-order valence-electron chi connectivity index (χ1n) is 7.86. The van der Waals surface area contributed by atoms with Crippen LogP contribution in [0, 0.1) is 5.92 Å². The molecular formula is C16H26N4O2. The Morgan fingerprint density at radius 2 is 2.09 bits per heavy atom. The predicted molar refractivity (Wildman–Crippen MR) is 85.9 cm³/mol. The summed E-state index contributed by atoms with van der Waals surface area (Å²) in [7, 11) is 0. The molecule has 2 heterocycles. The van der Waals surface area contributed by atoms with Gasteiger partial charge in [0.1, 0.15) is 5.82 Å². The van der Waals surface area contributed by atoms with Crippen molar-refractivity contribution in [2.45, 2.75) is 39.5 Å². The van der Waals surface area contributed by atoms with Crippen molar-refractivity contribution < 1.29 is 9.53 Å². The molecule has 0 bridgehead atoms. The lowest BCUT2D eigenvalue weighted by Crippen LogP contribution is -2.33. The van der Waals surface area contributed by atoms with Crippen molar-refractivity contribution in [1.82, 2.24) is 14.9 Å². The lowest BCUT2D eigenvalue weighted by Gasteiger charge is -2.18. The van der Waals surface area contributed by atoms with E-state index in [0.29, 0.717) is 11.6 Å². The van der Waals surface area contributed by atoms with Crippen LogP contribution in [0.1, 0.15) is 39.9 Å². The zero-order valence-electron chi connectivity index (χ0n) is 13.9. The number of carbonyl (C=O) groups is 1. The zero-order valence-corrected chi connectivity index (χ0v) is 13.9. The second-order valence-electron chi connectivity index (χ2n) is 6.74. The van der Waals surface area contributed by atoms with Crippen LogP contribution >= 0.6 is 0 Å². The van der Waals surface area contributed by atoms with Gasteiger partial charge in [-0.05, 0) is 13.3 Å². The first-order valence-corrected chi connectivity index (χ1v) is 7.86. The zero-order chi connectivity index (χ0) is 16.2. The second-order valence-corrected chi connectivity index (χ2v) is 6.74. The summed E-state index contributed by atoms with van der Waals surface area (Å²) in [6, 6.07) is -0.0916. The van der Waals surface area contributed by atoms with Crippen molar-refractivity contribution in [3.05, 3.63) is 18.2 Å². The summed E-state index contributed by atoms with van der Waals surface area (Å²) >= 11 is 0. The van der Waals surface area contributed by atoms with E-state index in [1.165, 1.54) is 0 Å². The molecule has 1 aliphatic heterocycles. The highest BCUT2D eigenvalue weighted by Crippen LogP contribution is 2.20. The van der Waals surface area contributed by atoms with Crippen LogP contribution in [0.4, 0.5) is 10.5 Å². The Morgan fingerprint density at radius 3 is 2.68 bits per heavy atom. The maximum absolute atomic E-state index is 12.2. The van der Waals surface area contributed by atoms with Crippen molar-refractivity contribution in [2.24, 2.45) is 5.92 Å². The maximum atomic E-state index is 12.2. The molecule has 2 rings (SSSR count). The first kappa shape index (κ1) is 16.7. The molecule has 1 aromatic rings. The minimum absolute atomic E-state index is 0.0916. The predicted octanol–water partition coefficient (Wildman–Crippen LogP) is 2.66. The van der Waals surface area contributed by atoms with E-state index in [1.807, 2.05) is 11.8 Å². The van der Waals surface area contributed by atoms with E-state index in [1.54, 1.807) is 12.4 Å². The highest BCUT2D eigenvalue weighted by Gasteiger charge is 2.26. The monoisotopic (exact) mass is 306 g/mol. The summed E-state index contributed by atoms with van der Waals surface area (Å²) in [5, 5.41) is 2.86. The molecule has 22 heavy (non-hydrogen) atoms. The Kier molecular flexibility index (Phi) is 5.34. The molecule has 0 unspecified atom stereocenters. The third-order valence-corrected chi connectivity index (χ3v) is 3.70. The number of likely N-dealkylation sites (tertiary alicyclic amines) is 1. The van der Waals surface area contributed by atoms with Gasteiger partial charge in [-0.3, -0.25) is 0 Å². The fourth-order valence-electron chi connectivity index (χ4n) is 2.42. The van der Waals surface area contributed by atoms with Crippen LogP contribution in [0.3, 0.4) is 0 Å². The van der Waals surface area contributed by atoms with Gasteiger partial charge in [0, 0.05) is 31.0 Å². The Morgan fingerprint density at radius 1 is 1.41 bits per heavy atom. The number of hydrogen-bond acceptors (Lipinski definition) is 4. The van der Waals surface area contributed by atoms with Crippen molar-refractivity contribution in [2.75, 3.05) is 31.6 Å². The molecular weight excluding hydrogens is 280 g/mol. The summed E-state index contributed by atoms with van der Waals surface area (Å²) in [4.78, 5) is 22.7. The normalized spacial score (nSPS) is 18.5. The third kappa shape index (κ3) is 4.40. The number of amides is 2. The molecule has 6 nitrogen and oxygen atoms in total. The van der Waals surface area contributed by atoms with Crippen molar-refractivity contribution in [3.8, 4) is 0 Å². The number of anilines is 1. The van der Waals surface area contributed by atoms with Gasteiger partial charge in [-0.15, -0.1) is 0 Å². The number of nitrogens with one attached hydrogen (secondary N) is 1. The highest BCUT2D eigenvalue weighted by atomic mass is 16.5. The minimum atomic E-state index is -0.0933. The number of hydrogen-bond donors (Lipinski definition) is 1. The third-order valence-electron chi connectivity index (χ3n) is 3.70. The Hall–Kier alpha value is -1.69. The minimum Gasteiger partial charge on any atom is -0.381 e. The number of aromatic nitrogens is 2. The van der Waals surface area contributed by atoms with Gasteiger partial charge in [0.05, 0.1) is 24.7 Å². The molecule has 0 spiro atoms. The number of rotatable bonds is 4. The van der Waals surface area contributed by atoms with E-state index in [9.17, 15) is 4.79 Å². The molecule has 2 amide bonds. The molecule has 122 valence electrons. The van der Waals surface area contributed by atoms with E-state index in [-0.39, 0.29) is 11.4 Å². The summed E-state index contributed by atoms with van der Waals surface area (Å²) in [6.07, 6.45) is 4.32. The molecule has 0 saturated carbocycles. The first-order chi connectivity index (χ1) is 10.4. The topological polar surface area (TPSA) is 67.3 Å². The van der Waals surface area contributed by atoms with E-state index >= 15 is 0 Å². The van der Waals surface area contributed by atoms with E-state index in [4.69, 9.17) is 4.74 Å². The molecule has 1 atom stereocenters. The van der Waals surface area contributed by atoms with Crippen LogP contribution < -0.4 is 5.32 Å². The second kappa shape index (κ2) is 7.05. The van der Waals surface area contributed by atoms with Crippen LogP contribution in [-0.2, 0) is 10.2 Å². The molecule has 1 fully saturated rings. The molecule has 0 radical (unpaired) electrons. The molecule has 6 heteroatoms. The molecule has 1 N–H and O–H groups in total. The van der Waals surface area contributed by atoms with Gasteiger partial charge in [0.25, 0.3) is 0 Å². The summed E-state index contributed by atoms with van der Waals surface area (Å²) in [5.41, 5.74) is 0.538.